The van der Waals surface area contributed by atoms with Gasteiger partial charge in [-0.05, 0) is 37.1 Å². The van der Waals surface area contributed by atoms with Gasteiger partial charge in [-0.25, -0.2) is 9.97 Å². The van der Waals surface area contributed by atoms with Gasteiger partial charge in [-0.2, -0.15) is 5.10 Å². The van der Waals surface area contributed by atoms with Crippen LogP contribution in [0.1, 0.15) is 12.8 Å². The number of amides is 1. The standard InChI is InChI=1S/C21H18ClN7O/c1-29-8-6-15(28-29)18-17(13-9-12-3-2-7-24-16(12)14(22)10-13)26-20(19(23)25-18)27-21(30)11-4-5-11/h2-3,6-11H,4-5H2,1H3,(H2,23,25)(H,26,27,30). The lowest BCUT2D eigenvalue weighted by Gasteiger charge is -2.13. The van der Waals surface area contributed by atoms with Crippen molar-refractivity contribution in [2.24, 2.45) is 13.0 Å². The summed E-state index contributed by atoms with van der Waals surface area (Å²) in [6.07, 6.45) is 5.27. The fourth-order valence-electron chi connectivity index (χ4n) is 3.31. The Morgan fingerprint density at radius 3 is 2.80 bits per heavy atom. The molecule has 0 bridgehead atoms. The van der Waals surface area contributed by atoms with E-state index in [9.17, 15) is 4.79 Å². The quantitative estimate of drug-likeness (QED) is 0.522. The summed E-state index contributed by atoms with van der Waals surface area (Å²) in [5.41, 5.74) is 9.24. The van der Waals surface area contributed by atoms with Crippen molar-refractivity contribution in [3.8, 4) is 22.6 Å². The maximum absolute atomic E-state index is 12.3. The molecule has 1 aliphatic rings. The molecule has 0 spiro atoms. The molecule has 8 nitrogen and oxygen atoms in total. The minimum atomic E-state index is -0.0896. The topological polar surface area (TPSA) is 112 Å². The Labute approximate surface area is 177 Å². The third kappa shape index (κ3) is 3.35. The van der Waals surface area contributed by atoms with Crippen molar-refractivity contribution in [2.75, 3.05) is 11.1 Å². The highest BCUT2D eigenvalue weighted by atomic mass is 35.5. The summed E-state index contributed by atoms with van der Waals surface area (Å²) < 4.78 is 1.68. The summed E-state index contributed by atoms with van der Waals surface area (Å²) in [6, 6.07) is 9.33. The van der Waals surface area contributed by atoms with Crippen LogP contribution in [-0.4, -0.2) is 30.6 Å². The highest BCUT2D eigenvalue weighted by molar-refractivity contribution is 6.35. The number of benzene rings is 1. The molecule has 0 atom stereocenters. The minimum Gasteiger partial charge on any atom is -0.381 e. The van der Waals surface area contributed by atoms with Crippen LogP contribution < -0.4 is 11.1 Å². The van der Waals surface area contributed by atoms with Crippen LogP contribution in [0.15, 0.2) is 42.7 Å². The van der Waals surface area contributed by atoms with Gasteiger partial charge in [-0.15, -0.1) is 0 Å². The molecule has 3 N–H and O–H groups in total. The Kier molecular flexibility index (Phi) is 4.36. The van der Waals surface area contributed by atoms with Gasteiger partial charge in [0.1, 0.15) is 17.1 Å². The second-order valence-electron chi connectivity index (χ2n) is 7.33. The third-order valence-electron chi connectivity index (χ3n) is 5.00. The van der Waals surface area contributed by atoms with Gasteiger partial charge in [0.15, 0.2) is 11.6 Å². The first-order chi connectivity index (χ1) is 14.5. The van der Waals surface area contributed by atoms with Gasteiger partial charge in [0, 0.05) is 36.3 Å². The number of aromatic nitrogens is 5. The molecule has 3 aromatic heterocycles. The van der Waals surface area contributed by atoms with Gasteiger partial charge in [0.2, 0.25) is 5.91 Å². The molecular weight excluding hydrogens is 402 g/mol. The summed E-state index contributed by atoms with van der Waals surface area (Å²) in [5, 5.41) is 8.62. The molecule has 0 saturated heterocycles. The summed E-state index contributed by atoms with van der Waals surface area (Å²) in [5.74, 6) is 0.311. The molecule has 150 valence electrons. The zero-order valence-corrected chi connectivity index (χ0v) is 16.9. The van der Waals surface area contributed by atoms with Crippen molar-refractivity contribution >= 4 is 40.0 Å². The van der Waals surface area contributed by atoms with Crippen molar-refractivity contribution in [3.63, 3.8) is 0 Å². The SMILES string of the molecule is Cn1ccc(-c2nc(N)c(NC(=O)C3CC3)nc2-c2cc(Cl)c3ncccc3c2)n1. The molecule has 1 amide bonds. The number of pyridine rings is 1. The number of hydrogen-bond acceptors (Lipinski definition) is 6. The molecule has 1 aliphatic carbocycles. The van der Waals surface area contributed by atoms with E-state index in [0.717, 1.165) is 23.8 Å². The number of hydrogen-bond donors (Lipinski definition) is 2. The van der Waals surface area contributed by atoms with Crippen molar-refractivity contribution in [1.82, 2.24) is 24.7 Å². The zero-order chi connectivity index (χ0) is 20.8. The molecule has 0 unspecified atom stereocenters. The maximum Gasteiger partial charge on any atom is 0.228 e. The van der Waals surface area contributed by atoms with Gasteiger partial charge < -0.3 is 11.1 Å². The predicted molar refractivity (Wildman–Crippen MR) is 116 cm³/mol. The van der Waals surface area contributed by atoms with Crippen LogP contribution in [0.3, 0.4) is 0 Å². The third-order valence-corrected chi connectivity index (χ3v) is 5.29. The van der Waals surface area contributed by atoms with E-state index in [-0.39, 0.29) is 23.5 Å². The van der Waals surface area contributed by atoms with Gasteiger partial charge in [-0.1, -0.05) is 17.7 Å². The van der Waals surface area contributed by atoms with Gasteiger partial charge in [-0.3, -0.25) is 14.5 Å². The number of nitrogens with one attached hydrogen (secondary N) is 1. The maximum atomic E-state index is 12.3. The van der Waals surface area contributed by atoms with Crippen molar-refractivity contribution < 1.29 is 4.79 Å². The number of carbonyl (C=O) groups is 1. The van der Waals surface area contributed by atoms with Gasteiger partial charge in [0.05, 0.1) is 10.5 Å². The van der Waals surface area contributed by atoms with E-state index in [1.54, 1.807) is 16.9 Å². The molecule has 5 rings (SSSR count). The molecule has 4 aromatic rings. The molecule has 0 aliphatic heterocycles. The van der Waals surface area contributed by atoms with E-state index in [1.807, 2.05) is 37.5 Å². The van der Waals surface area contributed by atoms with Crippen molar-refractivity contribution in [1.29, 1.82) is 0 Å². The van der Waals surface area contributed by atoms with E-state index in [2.05, 4.69) is 25.4 Å². The Bertz CT molecular complexity index is 1300. The van der Waals surface area contributed by atoms with Crippen LogP contribution in [0.25, 0.3) is 33.5 Å². The van der Waals surface area contributed by atoms with E-state index in [0.29, 0.717) is 27.6 Å². The lowest BCUT2D eigenvalue weighted by molar-refractivity contribution is -0.117. The van der Waals surface area contributed by atoms with Crippen LogP contribution in [-0.2, 0) is 11.8 Å². The van der Waals surface area contributed by atoms with Crippen LogP contribution in [0.2, 0.25) is 5.02 Å². The highest BCUT2D eigenvalue weighted by Crippen LogP contribution is 2.36. The molecular formula is C21H18ClN7O. The molecule has 1 aromatic carbocycles. The average Bonchev–Trinajstić information content (AvgIpc) is 3.50. The van der Waals surface area contributed by atoms with Crippen LogP contribution in [0, 0.1) is 5.92 Å². The monoisotopic (exact) mass is 419 g/mol. The van der Waals surface area contributed by atoms with Gasteiger partial charge in [0.25, 0.3) is 0 Å². The fourth-order valence-corrected chi connectivity index (χ4v) is 3.59. The zero-order valence-electron chi connectivity index (χ0n) is 16.1. The number of fused-ring (bicyclic) bond motifs is 1. The number of carbonyl (C=O) groups excluding carboxylic acids is 1. The number of halogens is 1. The second-order valence-corrected chi connectivity index (χ2v) is 7.73. The van der Waals surface area contributed by atoms with Gasteiger partial charge >= 0.3 is 0 Å². The number of anilines is 2. The average molecular weight is 420 g/mol. The normalized spacial score (nSPS) is 13.5. The van der Waals surface area contributed by atoms with E-state index in [1.165, 1.54) is 0 Å². The van der Waals surface area contributed by atoms with Crippen LogP contribution >= 0.6 is 11.6 Å². The molecule has 9 heteroatoms. The largest absolute Gasteiger partial charge is 0.381 e. The Morgan fingerprint density at radius 1 is 1.23 bits per heavy atom. The second kappa shape index (κ2) is 7.07. The first-order valence-electron chi connectivity index (χ1n) is 9.52. The van der Waals surface area contributed by atoms with Crippen molar-refractivity contribution in [3.05, 3.63) is 47.7 Å². The van der Waals surface area contributed by atoms with E-state index >= 15 is 0 Å². The first kappa shape index (κ1) is 18.5. The summed E-state index contributed by atoms with van der Waals surface area (Å²) in [7, 11) is 1.82. The Morgan fingerprint density at radius 2 is 2.07 bits per heavy atom. The summed E-state index contributed by atoms with van der Waals surface area (Å²) >= 11 is 6.49. The highest BCUT2D eigenvalue weighted by Gasteiger charge is 2.30. The molecule has 3 heterocycles. The summed E-state index contributed by atoms with van der Waals surface area (Å²) in [6.45, 7) is 0. The van der Waals surface area contributed by atoms with E-state index < -0.39 is 0 Å². The number of nitrogens with zero attached hydrogens (tertiary/aromatic N) is 5. The Hall–Kier alpha value is -3.52. The van der Waals surface area contributed by atoms with E-state index in [4.69, 9.17) is 17.3 Å². The van der Waals surface area contributed by atoms with Crippen molar-refractivity contribution in [2.45, 2.75) is 12.8 Å². The summed E-state index contributed by atoms with van der Waals surface area (Å²) in [4.78, 5) is 25.8. The lowest BCUT2D eigenvalue weighted by atomic mass is 10.0. The molecule has 1 fully saturated rings. The molecule has 1 saturated carbocycles. The fraction of sp³-hybridized carbons (Fsp3) is 0.190. The number of rotatable bonds is 4. The first-order valence-corrected chi connectivity index (χ1v) is 9.90. The number of nitrogen functional groups attached to an aromatic ring is 1. The Balaban J connectivity index is 1.70. The van der Waals surface area contributed by atoms with Crippen LogP contribution in [0.4, 0.5) is 11.6 Å². The predicted octanol–water partition coefficient (Wildman–Crippen LogP) is 3.68. The van der Waals surface area contributed by atoms with Crippen LogP contribution in [0.5, 0.6) is 0 Å². The lowest BCUT2D eigenvalue weighted by Crippen LogP contribution is -2.17. The molecule has 0 radical (unpaired) electrons. The smallest absolute Gasteiger partial charge is 0.228 e. The number of nitrogens with two attached hydrogens (primary N) is 1. The molecule has 30 heavy (non-hydrogen) atoms. The minimum absolute atomic E-state index is 0.0197. The number of aryl methyl sites for hydroxylation is 1.